The first-order valence-electron chi connectivity index (χ1n) is 4.72. The van der Waals surface area contributed by atoms with Gasteiger partial charge in [-0.05, 0) is 43.7 Å². The van der Waals surface area contributed by atoms with Gasteiger partial charge in [-0.2, -0.15) is 0 Å². The minimum Gasteiger partial charge on any atom is -0.260 e. The summed E-state index contributed by atoms with van der Waals surface area (Å²) in [6.45, 7) is 2.10. The van der Waals surface area contributed by atoms with Crippen molar-refractivity contribution in [3.05, 3.63) is 29.6 Å². The second-order valence-corrected chi connectivity index (χ2v) is 4.48. The monoisotopic (exact) mass is 159 g/mol. The Kier molecular flexibility index (Phi) is 1.05. The second kappa shape index (κ2) is 1.90. The third kappa shape index (κ3) is 0.669. The second-order valence-electron chi connectivity index (χ2n) is 4.48. The summed E-state index contributed by atoms with van der Waals surface area (Å²) in [4.78, 5) is 4.51. The molecule has 3 aliphatic carbocycles. The molecule has 0 N–H and O–H groups in total. The van der Waals surface area contributed by atoms with Crippen LogP contribution in [0, 0.1) is 12.8 Å². The molecule has 1 nitrogen and oxygen atoms in total. The van der Waals surface area contributed by atoms with Gasteiger partial charge in [0.15, 0.2) is 0 Å². The fraction of sp³-hybridized carbons (Fsp3) is 0.545. The van der Waals surface area contributed by atoms with E-state index in [9.17, 15) is 0 Å². The Balaban J connectivity index is 1.96. The van der Waals surface area contributed by atoms with Crippen LogP contribution in [0.4, 0.5) is 0 Å². The summed E-state index contributed by atoms with van der Waals surface area (Å²) in [6, 6.07) is 4.40. The molecule has 1 heteroatoms. The Morgan fingerprint density at radius 2 is 2.08 bits per heavy atom. The SMILES string of the molecule is Cc1ccc(C23CC(C2)C3)nc1. The van der Waals surface area contributed by atoms with Crippen LogP contribution in [0.2, 0.25) is 0 Å². The lowest BCUT2D eigenvalue weighted by atomic mass is 9.43. The molecule has 2 bridgehead atoms. The number of aromatic nitrogens is 1. The van der Waals surface area contributed by atoms with E-state index in [4.69, 9.17) is 0 Å². The zero-order valence-corrected chi connectivity index (χ0v) is 7.38. The van der Waals surface area contributed by atoms with Crippen molar-refractivity contribution >= 4 is 0 Å². The maximum Gasteiger partial charge on any atom is 0.0465 e. The summed E-state index contributed by atoms with van der Waals surface area (Å²) in [7, 11) is 0. The van der Waals surface area contributed by atoms with E-state index in [1.165, 1.54) is 30.5 Å². The third-order valence-electron chi connectivity index (χ3n) is 3.49. The van der Waals surface area contributed by atoms with Crippen molar-refractivity contribution < 1.29 is 0 Å². The lowest BCUT2D eigenvalue weighted by molar-refractivity contribution is -0.0308. The molecule has 0 aromatic carbocycles. The van der Waals surface area contributed by atoms with Crippen LogP contribution in [0.1, 0.15) is 30.5 Å². The molecule has 0 aliphatic heterocycles. The van der Waals surface area contributed by atoms with Gasteiger partial charge in [0.25, 0.3) is 0 Å². The Morgan fingerprint density at radius 1 is 1.33 bits per heavy atom. The largest absolute Gasteiger partial charge is 0.260 e. The summed E-state index contributed by atoms with van der Waals surface area (Å²) in [5.74, 6) is 1.05. The Hall–Kier alpha value is -0.850. The minimum atomic E-state index is 0.540. The van der Waals surface area contributed by atoms with E-state index >= 15 is 0 Å². The molecule has 0 radical (unpaired) electrons. The maximum atomic E-state index is 4.51. The topological polar surface area (TPSA) is 12.9 Å². The smallest absolute Gasteiger partial charge is 0.0465 e. The molecular formula is C11H13N. The minimum absolute atomic E-state index is 0.540. The molecule has 0 atom stereocenters. The molecular weight excluding hydrogens is 146 g/mol. The highest BCUT2D eigenvalue weighted by atomic mass is 14.8. The number of nitrogens with zero attached hydrogens (tertiary/aromatic N) is 1. The zero-order valence-electron chi connectivity index (χ0n) is 7.38. The standard InChI is InChI=1S/C11H13N/c1-8-2-3-10(12-7-8)11-4-9(5-11)6-11/h2-3,7,9H,4-6H2,1H3. The van der Waals surface area contributed by atoms with Crippen molar-refractivity contribution in [1.82, 2.24) is 4.98 Å². The van der Waals surface area contributed by atoms with Gasteiger partial charge in [0.05, 0.1) is 0 Å². The number of hydrogen-bond donors (Lipinski definition) is 0. The van der Waals surface area contributed by atoms with E-state index in [0.29, 0.717) is 5.41 Å². The number of aryl methyl sites for hydroxylation is 1. The summed E-state index contributed by atoms with van der Waals surface area (Å²) < 4.78 is 0. The van der Waals surface area contributed by atoms with E-state index in [1.54, 1.807) is 0 Å². The van der Waals surface area contributed by atoms with Crippen molar-refractivity contribution in [3.8, 4) is 0 Å². The highest BCUT2D eigenvalue weighted by Gasteiger charge is 2.58. The molecule has 12 heavy (non-hydrogen) atoms. The van der Waals surface area contributed by atoms with E-state index in [2.05, 4.69) is 24.0 Å². The fourth-order valence-corrected chi connectivity index (χ4v) is 2.57. The normalized spacial score (nSPS) is 36.9. The Bertz CT molecular complexity index is 295. The van der Waals surface area contributed by atoms with Crippen LogP contribution in [0.15, 0.2) is 18.3 Å². The Labute approximate surface area is 72.8 Å². The first kappa shape index (κ1) is 6.64. The Morgan fingerprint density at radius 3 is 2.50 bits per heavy atom. The average Bonchev–Trinajstić information content (AvgIpc) is 1.87. The van der Waals surface area contributed by atoms with Gasteiger partial charge in [0.1, 0.15) is 0 Å². The highest BCUT2D eigenvalue weighted by Crippen LogP contribution is 2.64. The van der Waals surface area contributed by atoms with E-state index in [1.807, 2.05) is 6.20 Å². The van der Waals surface area contributed by atoms with Gasteiger partial charge < -0.3 is 0 Å². The molecule has 3 saturated carbocycles. The summed E-state index contributed by atoms with van der Waals surface area (Å²) in [5.41, 5.74) is 3.15. The zero-order chi connectivity index (χ0) is 8.18. The van der Waals surface area contributed by atoms with Gasteiger partial charge in [-0.3, -0.25) is 4.98 Å². The molecule has 1 aromatic rings. The van der Waals surface area contributed by atoms with Crippen LogP contribution in [-0.2, 0) is 5.41 Å². The predicted molar refractivity (Wildman–Crippen MR) is 48.0 cm³/mol. The van der Waals surface area contributed by atoms with Crippen molar-refractivity contribution in [2.24, 2.45) is 5.92 Å². The van der Waals surface area contributed by atoms with Crippen LogP contribution in [0.25, 0.3) is 0 Å². The van der Waals surface area contributed by atoms with Crippen LogP contribution in [0.3, 0.4) is 0 Å². The van der Waals surface area contributed by atoms with Gasteiger partial charge in [-0.1, -0.05) is 6.07 Å². The van der Waals surface area contributed by atoms with E-state index in [0.717, 1.165) is 5.92 Å². The quantitative estimate of drug-likeness (QED) is 0.613. The summed E-state index contributed by atoms with van der Waals surface area (Å²) in [5, 5.41) is 0. The molecule has 62 valence electrons. The number of rotatable bonds is 1. The highest BCUT2D eigenvalue weighted by molar-refractivity contribution is 5.30. The van der Waals surface area contributed by atoms with Gasteiger partial charge in [0.2, 0.25) is 0 Å². The fourth-order valence-electron chi connectivity index (χ4n) is 2.57. The number of pyridine rings is 1. The van der Waals surface area contributed by atoms with Crippen molar-refractivity contribution in [1.29, 1.82) is 0 Å². The van der Waals surface area contributed by atoms with Gasteiger partial charge in [-0.25, -0.2) is 0 Å². The molecule has 0 saturated heterocycles. The molecule has 0 amide bonds. The van der Waals surface area contributed by atoms with Crippen molar-refractivity contribution in [2.45, 2.75) is 31.6 Å². The molecule has 0 unspecified atom stereocenters. The first-order chi connectivity index (χ1) is 5.78. The lowest BCUT2D eigenvalue weighted by Gasteiger charge is -2.61. The van der Waals surface area contributed by atoms with Crippen LogP contribution >= 0.6 is 0 Å². The summed E-state index contributed by atoms with van der Waals surface area (Å²) >= 11 is 0. The van der Waals surface area contributed by atoms with E-state index < -0.39 is 0 Å². The molecule has 0 spiro atoms. The van der Waals surface area contributed by atoms with Crippen LogP contribution in [0.5, 0.6) is 0 Å². The van der Waals surface area contributed by atoms with Crippen LogP contribution in [-0.4, -0.2) is 4.98 Å². The van der Waals surface area contributed by atoms with Gasteiger partial charge in [0, 0.05) is 17.3 Å². The first-order valence-corrected chi connectivity index (χ1v) is 4.72. The average molecular weight is 159 g/mol. The van der Waals surface area contributed by atoms with E-state index in [-0.39, 0.29) is 0 Å². The number of hydrogen-bond acceptors (Lipinski definition) is 1. The van der Waals surface area contributed by atoms with Crippen molar-refractivity contribution in [3.63, 3.8) is 0 Å². The van der Waals surface area contributed by atoms with Gasteiger partial charge >= 0.3 is 0 Å². The molecule has 1 heterocycles. The summed E-state index contributed by atoms with van der Waals surface area (Å²) in [6.07, 6.45) is 6.21. The van der Waals surface area contributed by atoms with Crippen LogP contribution < -0.4 is 0 Å². The lowest BCUT2D eigenvalue weighted by Crippen LogP contribution is -2.55. The third-order valence-corrected chi connectivity index (χ3v) is 3.49. The molecule has 1 aromatic heterocycles. The van der Waals surface area contributed by atoms with Crippen molar-refractivity contribution in [2.75, 3.05) is 0 Å². The molecule has 3 aliphatic rings. The molecule has 4 rings (SSSR count). The predicted octanol–water partition coefficient (Wildman–Crippen LogP) is 2.44. The maximum absolute atomic E-state index is 4.51. The van der Waals surface area contributed by atoms with Gasteiger partial charge in [-0.15, -0.1) is 0 Å². The molecule has 3 fully saturated rings.